The number of nitrogens with one attached hydrogen (secondary N) is 1. The van der Waals surface area contributed by atoms with Crippen molar-refractivity contribution in [1.82, 2.24) is 9.88 Å². The number of rotatable bonds is 7. The Kier molecular flexibility index (Phi) is 6.91. The fraction of sp³-hybridized carbons (Fsp3) is 0.400. The molecule has 0 saturated carbocycles. The molecule has 28 heavy (non-hydrogen) atoms. The summed E-state index contributed by atoms with van der Waals surface area (Å²) >= 11 is 0. The molecule has 7 nitrogen and oxygen atoms in total. The minimum absolute atomic E-state index is 0.00152. The van der Waals surface area contributed by atoms with Gasteiger partial charge in [0.25, 0.3) is 5.91 Å². The number of anilines is 2. The molecule has 2 N–H and O–H groups in total. The number of aliphatic hydroxyl groups is 1. The first kappa shape index (κ1) is 20.2. The van der Waals surface area contributed by atoms with E-state index in [0.717, 1.165) is 32.0 Å². The van der Waals surface area contributed by atoms with Crippen molar-refractivity contribution in [3.63, 3.8) is 0 Å². The van der Waals surface area contributed by atoms with Crippen LogP contribution in [-0.2, 0) is 4.74 Å². The fourth-order valence-corrected chi connectivity index (χ4v) is 3.19. The third kappa shape index (κ3) is 5.25. The van der Waals surface area contributed by atoms with Crippen molar-refractivity contribution in [2.24, 2.45) is 0 Å². The molecule has 1 saturated heterocycles. The second-order valence-corrected chi connectivity index (χ2v) is 6.74. The van der Waals surface area contributed by atoms with Crippen molar-refractivity contribution in [3.8, 4) is 0 Å². The van der Waals surface area contributed by atoms with E-state index in [1.54, 1.807) is 31.5 Å². The lowest BCUT2D eigenvalue weighted by Gasteiger charge is -2.36. The molecular weight excluding hydrogens is 363 g/mol. The highest BCUT2D eigenvalue weighted by Gasteiger charge is 2.20. The second-order valence-electron chi connectivity index (χ2n) is 6.74. The first-order chi connectivity index (χ1) is 13.6. The first-order valence-corrected chi connectivity index (χ1v) is 9.23. The second kappa shape index (κ2) is 9.59. The molecule has 0 spiro atoms. The van der Waals surface area contributed by atoms with Crippen molar-refractivity contribution in [1.29, 1.82) is 0 Å². The number of carbonyl (C=O) groups excluding carboxylic acids is 1. The van der Waals surface area contributed by atoms with E-state index in [1.807, 2.05) is 6.07 Å². The number of β-amino-alcohol motifs (C(OH)–C–C–N with tert-alkyl or cyclic N) is 1. The van der Waals surface area contributed by atoms with Gasteiger partial charge in [-0.25, -0.2) is 9.37 Å². The summed E-state index contributed by atoms with van der Waals surface area (Å²) in [4.78, 5) is 20.9. The molecule has 1 fully saturated rings. The summed E-state index contributed by atoms with van der Waals surface area (Å²) < 4.78 is 18.7. The Labute approximate surface area is 163 Å². The number of piperazine rings is 1. The summed E-state index contributed by atoms with van der Waals surface area (Å²) in [5.74, 6) is -0.241. The van der Waals surface area contributed by atoms with E-state index in [1.165, 1.54) is 12.1 Å². The van der Waals surface area contributed by atoms with Crippen LogP contribution in [0.15, 0.2) is 42.6 Å². The van der Waals surface area contributed by atoms with Crippen molar-refractivity contribution in [3.05, 3.63) is 54.0 Å². The largest absolute Gasteiger partial charge is 0.389 e. The maximum Gasteiger partial charge on any atom is 0.258 e. The number of pyridine rings is 1. The lowest BCUT2D eigenvalue weighted by molar-refractivity contribution is 0.0365. The van der Waals surface area contributed by atoms with Gasteiger partial charge in [0.2, 0.25) is 0 Å². The van der Waals surface area contributed by atoms with E-state index in [0.29, 0.717) is 18.8 Å². The van der Waals surface area contributed by atoms with Crippen molar-refractivity contribution < 1.29 is 19.0 Å². The van der Waals surface area contributed by atoms with E-state index >= 15 is 0 Å². The predicted octanol–water partition coefficient (Wildman–Crippen LogP) is 1.60. The van der Waals surface area contributed by atoms with Gasteiger partial charge in [-0.3, -0.25) is 9.69 Å². The van der Waals surface area contributed by atoms with Gasteiger partial charge < -0.3 is 20.1 Å². The molecule has 0 bridgehead atoms. The summed E-state index contributed by atoms with van der Waals surface area (Å²) in [5.41, 5.74) is 0.511. The zero-order valence-corrected chi connectivity index (χ0v) is 15.8. The molecule has 2 heterocycles. The summed E-state index contributed by atoms with van der Waals surface area (Å²) in [7, 11) is 1.58. The quantitative estimate of drug-likeness (QED) is 0.750. The SMILES string of the molecule is COCC(O)CN1CCN(c2ccc(NC(=O)c3ccccc3F)cn2)CC1. The number of amides is 1. The zero-order chi connectivity index (χ0) is 19.9. The number of hydrogen-bond donors (Lipinski definition) is 2. The van der Waals surface area contributed by atoms with Crippen LogP contribution in [0.3, 0.4) is 0 Å². The average Bonchev–Trinajstić information content (AvgIpc) is 2.70. The molecule has 150 valence electrons. The van der Waals surface area contributed by atoms with Gasteiger partial charge in [-0.1, -0.05) is 12.1 Å². The van der Waals surface area contributed by atoms with E-state index in [9.17, 15) is 14.3 Å². The molecule has 2 aromatic rings. The van der Waals surface area contributed by atoms with Gasteiger partial charge in [0, 0.05) is 39.8 Å². The van der Waals surface area contributed by atoms with Gasteiger partial charge >= 0.3 is 0 Å². The maximum absolute atomic E-state index is 13.7. The van der Waals surface area contributed by atoms with Gasteiger partial charge in [0.05, 0.1) is 30.2 Å². The molecular formula is C20H25FN4O3. The Morgan fingerprint density at radius 1 is 1.25 bits per heavy atom. The van der Waals surface area contributed by atoms with Crippen molar-refractivity contribution in [2.75, 3.05) is 56.7 Å². The molecule has 0 aliphatic carbocycles. The third-order valence-electron chi connectivity index (χ3n) is 4.65. The van der Waals surface area contributed by atoms with E-state index in [2.05, 4.69) is 20.1 Å². The molecule has 1 aliphatic heterocycles. The summed E-state index contributed by atoms with van der Waals surface area (Å²) in [6, 6.07) is 9.45. The number of halogens is 1. The summed E-state index contributed by atoms with van der Waals surface area (Å²) in [6.45, 7) is 4.18. The van der Waals surface area contributed by atoms with Crippen molar-refractivity contribution >= 4 is 17.4 Å². The van der Waals surface area contributed by atoms with Gasteiger partial charge in [0.15, 0.2) is 0 Å². The Balaban J connectivity index is 1.52. The number of methoxy groups -OCH3 is 1. The Hall–Kier alpha value is -2.55. The van der Waals surface area contributed by atoms with Crippen LogP contribution in [0, 0.1) is 5.82 Å². The van der Waals surface area contributed by atoms with E-state index in [4.69, 9.17) is 4.74 Å². The van der Waals surface area contributed by atoms with Gasteiger partial charge in [-0.15, -0.1) is 0 Å². The van der Waals surface area contributed by atoms with Crippen LogP contribution in [0.1, 0.15) is 10.4 Å². The summed E-state index contributed by atoms with van der Waals surface area (Å²) in [5, 5.41) is 12.5. The number of nitrogens with zero attached hydrogens (tertiary/aromatic N) is 3. The third-order valence-corrected chi connectivity index (χ3v) is 4.65. The highest BCUT2D eigenvalue weighted by Crippen LogP contribution is 2.17. The predicted molar refractivity (Wildman–Crippen MR) is 105 cm³/mol. The number of aliphatic hydroxyl groups excluding tert-OH is 1. The average molecular weight is 388 g/mol. The first-order valence-electron chi connectivity index (χ1n) is 9.23. The standard InChI is InChI=1S/C20H25FN4O3/c1-28-14-16(26)13-24-8-10-25(11-9-24)19-7-6-15(12-22-19)23-20(27)17-4-2-3-5-18(17)21/h2-7,12,16,26H,8-11,13-14H2,1H3,(H,23,27). The van der Waals surface area contributed by atoms with Crippen LogP contribution >= 0.6 is 0 Å². The minimum atomic E-state index is -0.557. The zero-order valence-electron chi connectivity index (χ0n) is 15.8. The van der Waals surface area contributed by atoms with Crippen molar-refractivity contribution in [2.45, 2.75) is 6.10 Å². The normalized spacial score (nSPS) is 16.0. The maximum atomic E-state index is 13.7. The van der Waals surface area contributed by atoms with Gasteiger partial charge in [-0.05, 0) is 24.3 Å². The summed E-state index contributed by atoms with van der Waals surface area (Å²) in [6.07, 6.45) is 1.09. The van der Waals surface area contributed by atoms with Crippen LogP contribution in [0.2, 0.25) is 0 Å². The van der Waals surface area contributed by atoms with Crippen LogP contribution < -0.4 is 10.2 Å². The van der Waals surface area contributed by atoms with Gasteiger partial charge in [-0.2, -0.15) is 0 Å². The molecule has 1 aliphatic rings. The minimum Gasteiger partial charge on any atom is -0.389 e. The van der Waals surface area contributed by atoms with E-state index in [-0.39, 0.29) is 5.56 Å². The molecule has 1 amide bonds. The monoisotopic (exact) mass is 388 g/mol. The number of hydrogen-bond acceptors (Lipinski definition) is 6. The smallest absolute Gasteiger partial charge is 0.258 e. The van der Waals surface area contributed by atoms with Crippen LogP contribution in [-0.4, -0.2) is 73.4 Å². The number of carbonyl (C=O) groups is 1. The lowest BCUT2D eigenvalue weighted by atomic mass is 10.2. The molecule has 3 rings (SSSR count). The molecule has 1 atom stereocenters. The lowest BCUT2D eigenvalue weighted by Crippen LogP contribution is -2.49. The van der Waals surface area contributed by atoms with Crippen LogP contribution in [0.5, 0.6) is 0 Å². The Morgan fingerprint density at radius 2 is 2.00 bits per heavy atom. The number of ether oxygens (including phenoxy) is 1. The molecule has 0 radical (unpaired) electrons. The molecule has 8 heteroatoms. The Bertz CT molecular complexity index is 779. The molecule has 1 aromatic heterocycles. The highest BCUT2D eigenvalue weighted by molar-refractivity contribution is 6.04. The van der Waals surface area contributed by atoms with Gasteiger partial charge in [0.1, 0.15) is 11.6 Å². The Morgan fingerprint density at radius 3 is 2.64 bits per heavy atom. The number of benzene rings is 1. The van der Waals surface area contributed by atoms with Crippen LogP contribution in [0.25, 0.3) is 0 Å². The topological polar surface area (TPSA) is 77.9 Å². The molecule has 1 aromatic carbocycles. The number of aromatic nitrogens is 1. The highest BCUT2D eigenvalue weighted by atomic mass is 19.1. The van der Waals surface area contributed by atoms with E-state index < -0.39 is 17.8 Å². The molecule has 1 unspecified atom stereocenters. The van der Waals surface area contributed by atoms with Crippen LogP contribution in [0.4, 0.5) is 15.9 Å². The fourth-order valence-electron chi connectivity index (χ4n) is 3.19.